The summed E-state index contributed by atoms with van der Waals surface area (Å²) in [5, 5.41) is 0. The fourth-order valence-electron chi connectivity index (χ4n) is 4.92. The highest BCUT2D eigenvalue weighted by Crippen LogP contribution is 2.34. The first-order valence-corrected chi connectivity index (χ1v) is 12.9. The zero-order valence-electron chi connectivity index (χ0n) is 22.9. The van der Waals surface area contributed by atoms with Gasteiger partial charge in [-0.1, -0.05) is 0 Å². The van der Waals surface area contributed by atoms with E-state index < -0.39 is 0 Å². The van der Waals surface area contributed by atoms with Gasteiger partial charge in [-0.15, -0.1) is 0 Å². The second kappa shape index (κ2) is 12.7. The van der Waals surface area contributed by atoms with Crippen LogP contribution in [0.25, 0.3) is 16.6 Å². The van der Waals surface area contributed by atoms with E-state index in [0.717, 1.165) is 72.1 Å². The minimum Gasteiger partial charge on any atom is -0.497 e. The first kappa shape index (κ1) is 27.3. The Kier molecular flexibility index (Phi) is 9.15. The molecule has 9 nitrogen and oxygen atoms in total. The lowest BCUT2D eigenvalue weighted by molar-refractivity contribution is -0.0679. The maximum absolute atomic E-state index is 5.91. The van der Waals surface area contributed by atoms with Crippen molar-refractivity contribution in [2.75, 3.05) is 52.3 Å². The molecule has 1 aromatic heterocycles. The molecular formula is C29H38N6O3. The van der Waals surface area contributed by atoms with E-state index in [4.69, 9.17) is 24.9 Å². The van der Waals surface area contributed by atoms with Crippen LogP contribution in [-0.2, 0) is 4.74 Å². The maximum atomic E-state index is 5.91. The number of rotatable bonds is 10. The van der Waals surface area contributed by atoms with Gasteiger partial charge in [0.05, 0.1) is 49.4 Å². The van der Waals surface area contributed by atoms with Gasteiger partial charge in [-0.3, -0.25) is 14.9 Å². The van der Waals surface area contributed by atoms with Crippen LogP contribution in [0.5, 0.6) is 11.5 Å². The summed E-state index contributed by atoms with van der Waals surface area (Å²) in [4.78, 5) is 18.3. The van der Waals surface area contributed by atoms with Crippen LogP contribution in [-0.4, -0.2) is 80.7 Å². The zero-order valence-corrected chi connectivity index (χ0v) is 22.9. The molecular weight excluding hydrogens is 480 g/mol. The predicted molar refractivity (Wildman–Crippen MR) is 154 cm³/mol. The van der Waals surface area contributed by atoms with E-state index in [1.165, 1.54) is 6.20 Å². The lowest BCUT2D eigenvalue weighted by atomic mass is 10.1. The van der Waals surface area contributed by atoms with Crippen molar-refractivity contribution in [3.63, 3.8) is 0 Å². The third-order valence-corrected chi connectivity index (χ3v) is 6.58. The average Bonchev–Trinajstić information content (AvgIpc) is 2.92. The Morgan fingerprint density at radius 3 is 2.42 bits per heavy atom. The Hall–Kier alpha value is -3.69. The van der Waals surface area contributed by atoms with Crippen LogP contribution in [0.15, 0.2) is 53.8 Å². The van der Waals surface area contributed by atoms with Crippen molar-refractivity contribution < 1.29 is 14.2 Å². The number of morpholine rings is 1. The number of aliphatic imine (C=N–C) groups is 1. The minimum atomic E-state index is 0.246. The van der Waals surface area contributed by atoms with E-state index in [1.54, 1.807) is 33.7 Å². The van der Waals surface area contributed by atoms with E-state index in [-0.39, 0.29) is 12.2 Å². The standard InChI is InChI=1S/C29H38N6O3/c1-20-18-34(19-21(2)38-20)9-6-10-35(24-11-25(36-4)14-26(12-24)37-5)23-7-8-27-28(13-23)33-29(17-32-27)22(15-30)16-31-3/h7-8,11-17,20-21H,6,9-10,18-19,30H2,1-5H3/t20-,21+. The van der Waals surface area contributed by atoms with Crippen LogP contribution in [0.1, 0.15) is 26.0 Å². The second-order valence-electron chi connectivity index (χ2n) is 9.53. The molecule has 0 unspecified atom stereocenters. The molecule has 1 aliphatic heterocycles. The summed E-state index contributed by atoms with van der Waals surface area (Å²) in [6, 6.07) is 12.1. The topological polar surface area (TPSA) is 98.3 Å². The number of methoxy groups -OCH3 is 2. The Morgan fingerprint density at radius 1 is 1.08 bits per heavy atom. The van der Waals surface area contributed by atoms with E-state index in [1.807, 2.05) is 24.3 Å². The van der Waals surface area contributed by atoms with Crippen molar-refractivity contribution in [1.29, 1.82) is 0 Å². The summed E-state index contributed by atoms with van der Waals surface area (Å²) in [5.74, 6) is 1.47. The van der Waals surface area contributed by atoms with Gasteiger partial charge in [-0.25, -0.2) is 4.98 Å². The lowest BCUT2D eigenvalue weighted by Crippen LogP contribution is -2.46. The molecule has 1 fully saturated rings. The highest BCUT2D eigenvalue weighted by molar-refractivity contribution is 6.09. The number of aromatic nitrogens is 2. The number of hydrogen-bond acceptors (Lipinski definition) is 9. The van der Waals surface area contributed by atoms with E-state index >= 15 is 0 Å². The number of hydrogen-bond donors (Lipinski definition) is 1. The molecule has 2 atom stereocenters. The first-order valence-electron chi connectivity index (χ1n) is 12.9. The molecule has 4 rings (SSSR count). The second-order valence-corrected chi connectivity index (χ2v) is 9.53. The molecule has 1 saturated heterocycles. The van der Waals surface area contributed by atoms with E-state index in [0.29, 0.717) is 5.69 Å². The van der Waals surface area contributed by atoms with Crippen molar-refractivity contribution in [2.45, 2.75) is 32.5 Å². The molecule has 2 N–H and O–H groups in total. The Bertz CT molecular complexity index is 1260. The number of ether oxygens (including phenoxy) is 3. The molecule has 0 amide bonds. The molecule has 0 radical (unpaired) electrons. The third-order valence-electron chi connectivity index (χ3n) is 6.58. The van der Waals surface area contributed by atoms with Gasteiger partial charge < -0.3 is 24.8 Å². The van der Waals surface area contributed by atoms with Gasteiger partial charge in [0.25, 0.3) is 0 Å². The van der Waals surface area contributed by atoms with Crippen molar-refractivity contribution in [3.8, 4) is 11.5 Å². The number of nitrogens with zero attached hydrogens (tertiary/aromatic N) is 5. The fraction of sp³-hybridized carbons (Fsp3) is 0.414. The smallest absolute Gasteiger partial charge is 0.124 e. The average molecular weight is 519 g/mol. The maximum Gasteiger partial charge on any atom is 0.124 e. The van der Waals surface area contributed by atoms with Crippen molar-refractivity contribution in [2.24, 2.45) is 10.7 Å². The molecule has 9 heteroatoms. The van der Waals surface area contributed by atoms with Crippen molar-refractivity contribution >= 4 is 34.2 Å². The monoisotopic (exact) mass is 518 g/mol. The van der Waals surface area contributed by atoms with Crippen molar-refractivity contribution in [3.05, 3.63) is 54.5 Å². The van der Waals surface area contributed by atoms with Crippen molar-refractivity contribution in [1.82, 2.24) is 14.9 Å². The Labute approximate surface area is 224 Å². The number of nitrogens with two attached hydrogens (primary N) is 1. The van der Waals surface area contributed by atoms with Gasteiger partial charge in [0.2, 0.25) is 0 Å². The minimum absolute atomic E-state index is 0.246. The molecule has 0 saturated carbocycles. The molecule has 3 aromatic rings. The number of fused-ring (bicyclic) bond motifs is 1. The van der Waals surface area contributed by atoms with Gasteiger partial charge >= 0.3 is 0 Å². The van der Waals surface area contributed by atoms with Crippen LogP contribution in [0, 0.1) is 0 Å². The first-order chi connectivity index (χ1) is 18.4. The number of anilines is 2. The highest BCUT2D eigenvalue weighted by Gasteiger charge is 2.22. The molecule has 202 valence electrons. The van der Waals surface area contributed by atoms with Gasteiger partial charge in [-0.2, -0.15) is 0 Å². The molecule has 0 aliphatic carbocycles. The molecule has 2 heterocycles. The normalized spacial score (nSPS) is 18.7. The summed E-state index contributed by atoms with van der Waals surface area (Å²) in [6.45, 7) is 7.95. The Balaban J connectivity index is 1.68. The summed E-state index contributed by atoms with van der Waals surface area (Å²) in [6.07, 6.45) is 6.36. The van der Waals surface area contributed by atoms with Gasteiger partial charge in [0.15, 0.2) is 0 Å². The highest BCUT2D eigenvalue weighted by atomic mass is 16.5. The number of allylic oxidation sites excluding steroid dienone is 1. The molecule has 0 bridgehead atoms. The van der Waals surface area contributed by atoms with E-state index in [9.17, 15) is 0 Å². The van der Waals surface area contributed by atoms with Gasteiger partial charge in [0, 0.05) is 80.8 Å². The summed E-state index contributed by atoms with van der Waals surface area (Å²) in [7, 11) is 5.03. The molecule has 0 spiro atoms. The van der Waals surface area contributed by atoms with Crippen LogP contribution < -0.4 is 20.1 Å². The molecule has 2 aromatic carbocycles. The molecule has 1 aliphatic rings. The summed E-state index contributed by atoms with van der Waals surface area (Å²) < 4.78 is 17.1. The lowest BCUT2D eigenvalue weighted by Gasteiger charge is -2.36. The van der Waals surface area contributed by atoms with Crippen LogP contribution in [0.3, 0.4) is 0 Å². The largest absolute Gasteiger partial charge is 0.497 e. The third kappa shape index (κ3) is 6.59. The molecule has 38 heavy (non-hydrogen) atoms. The van der Waals surface area contributed by atoms with Gasteiger partial charge in [0.1, 0.15) is 11.5 Å². The Morgan fingerprint density at radius 2 is 1.79 bits per heavy atom. The van der Waals surface area contributed by atoms with E-state index in [2.05, 4.69) is 45.8 Å². The fourth-order valence-corrected chi connectivity index (χ4v) is 4.92. The predicted octanol–water partition coefficient (Wildman–Crippen LogP) is 4.28. The van der Waals surface area contributed by atoms with Gasteiger partial charge in [-0.05, 0) is 38.5 Å². The quantitative estimate of drug-likeness (QED) is 0.397. The van der Waals surface area contributed by atoms with Crippen LogP contribution in [0.2, 0.25) is 0 Å². The zero-order chi connectivity index (χ0) is 27.1. The van der Waals surface area contributed by atoms with Crippen LogP contribution in [0.4, 0.5) is 11.4 Å². The SMILES string of the molecule is CN=CC(=CN)c1cnc2ccc(N(CCCN3C[C@@H](C)O[C@@H](C)C3)c3cc(OC)cc(OC)c3)cc2n1. The summed E-state index contributed by atoms with van der Waals surface area (Å²) >= 11 is 0. The summed E-state index contributed by atoms with van der Waals surface area (Å²) in [5.41, 5.74) is 10.8. The van der Waals surface area contributed by atoms with Crippen LogP contribution >= 0.6 is 0 Å². The number of benzene rings is 2.